The third kappa shape index (κ3) is 4.28. The standard InChI is InChI=1S/C13H20N2S2/c1-5-16-9-7-6-8-10(11(9)12(14)15)17-13(2,3)4/h6-8H,5H2,1-4H3,(H3,14,15). The third-order valence-corrected chi connectivity index (χ3v) is 4.09. The van der Waals surface area contributed by atoms with Gasteiger partial charge < -0.3 is 5.73 Å². The third-order valence-electron chi connectivity index (χ3n) is 1.97. The molecule has 0 aliphatic carbocycles. The Morgan fingerprint density at radius 1 is 1.29 bits per heavy atom. The highest BCUT2D eigenvalue weighted by atomic mass is 32.2. The Morgan fingerprint density at radius 3 is 2.35 bits per heavy atom. The molecule has 0 atom stereocenters. The Labute approximate surface area is 112 Å². The lowest BCUT2D eigenvalue weighted by atomic mass is 10.2. The Hall–Kier alpha value is -0.610. The SMILES string of the molecule is CCSc1cccc(SC(C)(C)C)c1C(=N)N. The summed E-state index contributed by atoms with van der Waals surface area (Å²) in [4.78, 5) is 2.21. The summed E-state index contributed by atoms with van der Waals surface area (Å²) in [6.07, 6.45) is 0. The molecule has 0 saturated carbocycles. The Bertz CT molecular complexity index is 408. The molecule has 0 fully saturated rings. The van der Waals surface area contributed by atoms with Crippen molar-refractivity contribution in [1.29, 1.82) is 5.41 Å². The lowest BCUT2D eigenvalue weighted by molar-refractivity contribution is 0.802. The molecule has 0 spiro atoms. The lowest BCUT2D eigenvalue weighted by Crippen LogP contribution is -2.16. The molecule has 17 heavy (non-hydrogen) atoms. The molecule has 3 N–H and O–H groups in total. The topological polar surface area (TPSA) is 49.9 Å². The van der Waals surface area contributed by atoms with Crippen molar-refractivity contribution in [3.63, 3.8) is 0 Å². The second-order valence-corrected chi connectivity index (χ2v) is 7.86. The van der Waals surface area contributed by atoms with E-state index in [1.165, 1.54) is 0 Å². The predicted molar refractivity (Wildman–Crippen MR) is 79.5 cm³/mol. The van der Waals surface area contributed by atoms with E-state index in [9.17, 15) is 0 Å². The van der Waals surface area contributed by atoms with Gasteiger partial charge in [0, 0.05) is 20.1 Å². The Kier molecular flexibility index (Phi) is 4.95. The fourth-order valence-corrected chi connectivity index (χ4v) is 3.51. The maximum atomic E-state index is 7.75. The van der Waals surface area contributed by atoms with Crippen LogP contribution in [0.4, 0.5) is 0 Å². The van der Waals surface area contributed by atoms with Crippen LogP contribution in [0.3, 0.4) is 0 Å². The van der Waals surface area contributed by atoms with E-state index < -0.39 is 0 Å². The molecule has 2 nitrogen and oxygen atoms in total. The number of rotatable bonds is 4. The van der Waals surface area contributed by atoms with Gasteiger partial charge in [-0.1, -0.05) is 33.8 Å². The van der Waals surface area contributed by atoms with Crippen molar-refractivity contribution in [2.45, 2.75) is 42.2 Å². The maximum Gasteiger partial charge on any atom is 0.125 e. The number of hydrogen-bond donors (Lipinski definition) is 2. The van der Waals surface area contributed by atoms with Gasteiger partial charge in [-0.15, -0.1) is 23.5 Å². The van der Waals surface area contributed by atoms with E-state index in [-0.39, 0.29) is 10.6 Å². The smallest absolute Gasteiger partial charge is 0.125 e. The molecule has 94 valence electrons. The second-order valence-electron chi connectivity index (χ2n) is 4.69. The normalized spacial score (nSPS) is 11.5. The minimum Gasteiger partial charge on any atom is -0.384 e. The first-order chi connectivity index (χ1) is 7.85. The number of thioether (sulfide) groups is 2. The molecule has 0 heterocycles. The first-order valence-electron chi connectivity index (χ1n) is 5.64. The van der Waals surface area contributed by atoms with E-state index in [0.29, 0.717) is 0 Å². The summed E-state index contributed by atoms with van der Waals surface area (Å²) in [6, 6.07) is 6.13. The molecule has 0 radical (unpaired) electrons. The van der Waals surface area contributed by atoms with Crippen LogP contribution in [-0.2, 0) is 0 Å². The summed E-state index contributed by atoms with van der Waals surface area (Å²) < 4.78 is 0.125. The summed E-state index contributed by atoms with van der Waals surface area (Å²) in [6.45, 7) is 8.61. The zero-order valence-electron chi connectivity index (χ0n) is 10.8. The zero-order valence-corrected chi connectivity index (χ0v) is 12.5. The molecule has 1 aromatic rings. The summed E-state index contributed by atoms with van der Waals surface area (Å²) in [5.74, 6) is 1.15. The highest BCUT2D eigenvalue weighted by Crippen LogP contribution is 2.37. The average Bonchev–Trinajstić information content (AvgIpc) is 2.15. The van der Waals surface area contributed by atoms with Gasteiger partial charge in [0.2, 0.25) is 0 Å². The van der Waals surface area contributed by atoms with Gasteiger partial charge >= 0.3 is 0 Å². The van der Waals surface area contributed by atoms with Gasteiger partial charge in [0.15, 0.2) is 0 Å². The molecule has 0 aromatic heterocycles. The molecule has 1 aromatic carbocycles. The number of hydrogen-bond acceptors (Lipinski definition) is 3. The van der Waals surface area contributed by atoms with Gasteiger partial charge in [-0.2, -0.15) is 0 Å². The van der Waals surface area contributed by atoms with Crippen LogP contribution in [0.2, 0.25) is 0 Å². The van der Waals surface area contributed by atoms with Crippen molar-refractivity contribution in [3.05, 3.63) is 23.8 Å². The molecule has 0 aliphatic rings. The van der Waals surface area contributed by atoms with Gasteiger partial charge in [0.05, 0.1) is 0 Å². The van der Waals surface area contributed by atoms with Crippen molar-refractivity contribution >= 4 is 29.4 Å². The van der Waals surface area contributed by atoms with Gasteiger partial charge in [-0.25, -0.2) is 0 Å². The van der Waals surface area contributed by atoms with Crippen molar-refractivity contribution in [2.75, 3.05) is 5.75 Å². The molecule has 0 unspecified atom stereocenters. The minimum atomic E-state index is 0.125. The van der Waals surface area contributed by atoms with Crippen LogP contribution in [0.1, 0.15) is 33.3 Å². The quantitative estimate of drug-likeness (QED) is 0.493. The Morgan fingerprint density at radius 2 is 1.88 bits per heavy atom. The molecule has 0 bridgehead atoms. The van der Waals surface area contributed by atoms with Crippen molar-refractivity contribution in [2.24, 2.45) is 5.73 Å². The fourth-order valence-electron chi connectivity index (χ4n) is 1.47. The maximum absolute atomic E-state index is 7.75. The number of nitrogens with two attached hydrogens (primary N) is 1. The van der Waals surface area contributed by atoms with Crippen LogP contribution in [0, 0.1) is 5.41 Å². The van der Waals surface area contributed by atoms with Crippen LogP contribution in [0.25, 0.3) is 0 Å². The molecule has 0 aliphatic heterocycles. The number of benzene rings is 1. The molecule has 4 heteroatoms. The monoisotopic (exact) mass is 268 g/mol. The fraction of sp³-hybridized carbons (Fsp3) is 0.462. The van der Waals surface area contributed by atoms with E-state index in [1.807, 2.05) is 18.2 Å². The summed E-state index contributed by atoms with van der Waals surface area (Å²) in [5.41, 5.74) is 6.61. The largest absolute Gasteiger partial charge is 0.384 e. The number of amidine groups is 1. The van der Waals surface area contributed by atoms with Gasteiger partial charge in [0.1, 0.15) is 5.84 Å². The molecule has 0 saturated heterocycles. The van der Waals surface area contributed by atoms with E-state index >= 15 is 0 Å². The zero-order chi connectivity index (χ0) is 13.1. The van der Waals surface area contributed by atoms with Crippen LogP contribution in [0.5, 0.6) is 0 Å². The number of nitrogens with one attached hydrogen (secondary N) is 1. The lowest BCUT2D eigenvalue weighted by Gasteiger charge is -2.21. The van der Waals surface area contributed by atoms with Gasteiger partial charge in [-0.3, -0.25) is 5.41 Å². The van der Waals surface area contributed by atoms with Crippen molar-refractivity contribution in [3.8, 4) is 0 Å². The summed E-state index contributed by atoms with van der Waals surface area (Å²) >= 11 is 3.50. The minimum absolute atomic E-state index is 0.125. The van der Waals surface area contributed by atoms with Crippen LogP contribution in [0.15, 0.2) is 28.0 Å². The van der Waals surface area contributed by atoms with E-state index in [2.05, 4.69) is 27.7 Å². The highest BCUT2D eigenvalue weighted by molar-refractivity contribution is 8.01. The van der Waals surface area contributed by atoms with E-state index in [4.69, 9.17) is 11.1 Å². The average molecular weight is 268 g/mol. The first kappa shape index (κ1) is 14.5. The predicted octanol–water partition coefficient (Wildman–Crippen LogP) is 3.97. The van der Waals surface area contributed by atoms with Crippen LogP contribution >= 0.6 is 23.5 Å². The van der Waals surface area contributed by atoms with Crippen LogP contribution < -0.4 is 5.73 Å². The molecule has 0 amide bonds. The Balaban J connectivity index is 3.20. The van der Waals surface area contributed by atoms with Gasteiger partial charge in [-0.05, 0) is 17.9 Å². The highest BCUT2D eigenvalue weighted by Gasteiger charge is 2.18. The summed E-state index contributed by atoms with van der Waals surface area (Å²) in [7, 11) is 0. The molecular formula is C13H20N2S2. The second kappa shape index (κ2) is 5.83. The van der Waals surface area contributed by atoms with Crippen LogP contribution in [-0.4, -0.2) is 16.3 Å². The number of nitrogen functional groups attached to an aromatic ring is 1. The summed E-state index contributed by atoms with van der Waals surface area (Å²) in [5, 5.41) is 7.75. The first-order valence-corrected chi connectivity index (χ1v) is 7.44. The van der Waals surface area contributed by atoms with Crippen molar-refractivity contribution in [1.82, 2.24) is 0 Å². The van der Waals surface area contributed by atoms with E-state index in [0.717, 1.165) is 21.1 Å². The van der Waals surface area contributed by atoms with Gasteiger partial charge in [0.25, 0.3) is 0 Å². The molecule has 1 rings (SSSR count). The van der Waals surface area contributed by atoms with E-state index in [1.54, 1.807) is 23.5 Å². The molecular weight excluding hydrogens is 248 g/mol. The van der Waals surface area contributed by atoms with Crippen molar-refractivity contribution < 1.29 is 0 Å².